The fourth-order valence-electron chi connectivity index (χ4n) is 0.260. The Hall–Kier alpha value is -0.170. The van der Waals surface area contributed by atoms with Crippen LogP contribution in [-0.2, 0) is 10.1 Å². The average Bonchev–Trinajstić information content (AvgIpc) is 1.77. The summed E-state index contributed by atoms with van der Waals surface area (Å²) in [4.78, 5) is 0. The van der Waals surface area contributed by atoms with E-state index in [1.165, 1.54) is 0 Å². The Kier molecular flexibility index (Phi) is 7.43. The van der Waals surface area contributed by atoms with Gasteiger partial charge in [-0.05, 0) is 13.0 Å². The largest absolute Gasteiger partial charge is 0.748 e. The van der Waals surface area contributed by atoms with Gasteiger partial charge in [0, 0.05) is 5.75 Å². The quantitative estimate of drug-likeness (QED) is 0.490. The number of hydrogen-bond donors (Lipinski definition) is 1. The second-order valence-electron chi connectivity index (χ2n) is 4.09. The Labute approximate surface area is 80.9 Å². The summed E-state index contributed by atoms with van der Waals surface area (Å²) < 4.78 is 30.3. The fourth-order valence-corrected chi connectivity index (χ4v) is 0.780. The molecular formula is C7H20N2O3S. The summed E-state index contributed by atoms with van der Waals surface area (Å²) in [5.41, 5.74) is 4.93. The number of nitrogens with zero attached hydrogens (tertiary/aromatic N) is 1. The molecule has 0 saturated heterocycles. The van der Waals surface area contributed by atoms with Crippen LogP contribution in [-0.4, -0.2) is 57.9 Å². The van der Waals surface area contributed by atoms with Crippen molar-refractivity contribution in [3.8, 4) is 0 Å². The Morgan fingerprint density at radius 2 is 1.54 bits per heavy atom. The normalized spacial score (nSPS) is 11.8. The molecule has 0 aromatic heterocycles. The second-order valence-corrected chi connectivity index (χ2v) is 5.61. The highest BCUT2D eigenvalue weighted by Crippen LogP contribution is 1.83. The zero-order chi connectivity index (χ0) is 11.1. The van der Waals surface area contributed by atoms with E-state index in [2.05, 4.69) is 28.2 Å². The van der Waals surface area contributed by atoms with Crippen LogP contribution in [0.1, 0.15) is 6.42 Å². The van der Waals surface area contributed by atoms with Crippen molar-refractivity contribution in [2.24, 2.45) is 5.73 Å². The van der Waals surface area contributed by atoms with Crippen molar-refractivity contribution in [2.45, 2.75) is 6.42 Å². The summed E-state index contributed by atoms with van der Waals surface area (Å²) in [5.74, 6) is -0.344. The molecule has 6 heteroatoms. The summed E-state index contributed by atoms with van der Waals surface area (Å²) in [6.07, 6.45) is 0.256. The third-order valence-electron chi connectivity index (χ3n) is 0.598. The first-order valence-electron chi connectivity index (χ1n) is 3.99. The predicted molar refractivity (Wildman–Crippen MR) is 52.2 cm³/mol. The van der Waals surface area contributed by atoms with Gasteiger partial charge in [0.05, 0.1) is 38.3 Å². The van der Waals surface area contributed by atoms with E-state index in [9.17, 15) is 13.0 Å². The van der Waals surface area contributed by atoms with Crippen LogP contribution >= 0.6 is 0 Å². The van der Waals surface area contributed by atoms with Crippen LogP contribution in [0.25, 0.3) is 0 Å². The molecule has 0 heterocycles. The van der Waals surface area contributed by atoms with Gasteiger partial charge in [-0.2, -0.15) is 0 Å². The molecule has 0 aliphatic carbocycles. The van der Waals surface area contributed by atoms with Gasteiger partial charge >= 0.3 is 0 Å². The van der Waals surface area contributed by atoms with Crippen LogP contribution < -0.4 is 5.73 Å². The maximum atomic E-state index is 9.78. The van der Waals surface area contributed by atoms with E-state index >= 15 is 0 Å². The summed E-state index contributed by atoms with van der Waals surface area (Å²) in [6, 6.07) is 0. The molecule has 5 nitrogen and oxygen atoms in total. The van der Waals surface area contributed by atoms with E-state index in [1.54, 1.807) is 0 Å². The minimum atomic E-state index is -4.02. The van der Waals surface area contributed by atoms with E-state index in [1.807, 2.05) is 0 Å². The highest BCUT2D eigenvalue weighted by atomic mass is 32.2. The van der Waals surface area contributed by atoms with Crippen molar-refractivity contribution < 1.29 is 17.5 Å². The minimum Gasteiger partial charge on any atom is -0.748 e. The number of hydrogen-bond acceptors (Lipinski definition) is 4. The highest BCUT2D eigenvalue weighted by molar-refractivity contribution is 7.85. The highest BCUT2D eigenvalue weighted by Gasteiger charge is 1.90. The van der Waals surface area contributed by atoms with Crippen molar-refractivity contribution in [1.29, 1.82) is 0 Å². The van der Waals surface area contributed by atoms with E-state index in [-0.39, 0.29) is 18.7 Å². The lowest BCUT2D eigenvalue weighted by molar-refractivity contribution is -0.849. The molecule has 0 spiro atoms. The molecule has 2 N–H and O–H groups in total. The predicted octanol–water partition coefficient (Wildman–Crippen LogP) is -0.797. The smallest absolute Gasteiger partial charge is 0.0946 e. The molecule has 0 amide bonds. The summed E-state index contributed by atoms with van der Waals surface area (Å²) in [5, 5.41) is 0. The van der Waals surface area contributed by atoms with E-state index in [0.29, 0.717) is 0 Å². The van der Waals surface area contributed by atoms with E-state index < -0.39 is 10.1 Å². The van der Waals surface area contributed by atoms with Gasteiger partial charge in [-0.25, -0.2) is 8.42 Å². The molecular weight excluding hydrogens is 192 g/mol. The Balaban J connectivity index is 0. The molecule has 0 rings (SSSR count). The molecule has 0 fully saturated rings. The fraction of sp³-hybridized carbons (Fsp3) is 1.00. The maximum absolute atomic E-state index is 9.78. The SMILES string of the molecule is C[N+](C)(C)C.NCCCS(=O)(=O)[O-]. The average molecular weight is 212 g/mol. The Morgan fingerprint density at radius 3 is 1.62 bits per heavy atom. The van der Waals surface area contributed by atoms with Gasteiger partial charge in [0.15, 0.2) is 0 Å². The lowest BCUT2D eigenvalue weighted by Crippen LogP contribution is -2.27. The summed E-state index contributed by atoms with van der Waals surface area (Å²) in [7, 11) is 4.48. The van der Waals surface area contributed by atoms with Crippen molar-refractivity contribution in [3.63, 3.8) is 0 Å². The number of rotatable bonds is 3. The van der Waals surface area contributed by atoms with Crippen molar-refractivity contribution in [2.75, 3.05) is 40.5 Å². The molecule has 0 atom stereocenters. The monoisotopic (exact) mass is 212 g/mol. The third kappa shape index (κ3) is 49.0. The van der Waals surface area contributed by atoms with Gasteiger partial charge in [0.2, 0.25) is 0 Å². The van der Waals surface area contributed by atoms with Gasteiger partial charge in [0.25, 0.3) is 0 Å². The third-order valence-corrected chi connectivity index (χ3v) is 1.39. The van der Waals surface area contributed by atoms with E-state index in [4.69, 9.17) is 5.73 Å². The van der Waals surface area contributed by atoms with Crippen LogP contribution in [0.3, 0.4) is 0 Å². The van der Waals surface area contributed by atoms with Crippen LogP contribution in [0.5, 0.6) is 0 Å². The molecule has 0 saturated carbocycles. The van der Waals surface area contributed by atoms with E-state index in [0.717, 1.165) is 4.48 Å². The molecule has 0 aromatic rings. The molecule has 0 radical (unpaired) electrons. The van der Waals surface area contributed by atoms with Gasteiger partial charge in [-0.1, -0.05) is 0 Å². The molecule has 0 bridgehead atoms. The van der Waals surface area contributed by atoms with Crippen LogP contribution in [0.15, 0.2) is 0 Å². The molecule has 82 valence electrons. The van der Waals surface area contributed by atoms with Crippen molar-refractivity contribution in [3.05, 3.63) is 0 Å². The van der Waals surface area contributed by atoms with Gasteiger partial charge < -0.3 is 14.8 Å². The molecule has 13 heavy (non-hydrogen) atoms. The van der Waals surface area contributed by atoms with Crippen LogP contribution in [0, 0.1) is 0 Å². The topological polar surface area (TPSA) is 83.2 Å². The molecule has 0 aliphatic heterocycles. The van der Waals surface area contributed by atoms with Crippen molar-refractivity contribution >= 4 is 10.1 Å². The van der Waals surface area contributed by atoms with Crippen molar-refractivity contribution in [1.82, 2.24) is 0 Å². The second kappa shape index (κ2) is 6.31. The zero-order valence-electron chi connectivity index (χ0n) is 8.78. The zero-order valence-corrected chi connectivity index (χ0v) is 9.60. The first-order valence-corrected chi connectivity index (χ1v) is 5.56. The van der Waals surface area contributed by atoms with Crippen LogP contribution in [0.4, 0.5) is 0 Å². The lowest BCUT2D eigenvalue weighted by Gasteiger charge is -2.14. The van der Waals surface area contributed by atoms with Gasteiger partial charge in [0.1, 0.15) is 0 Å². The molecule has 0 unspecified atom stereocenters. The van der Waals surface area contributed by atoms with Gasteiger partial charge in [-0.15, -0.1) is 0 Å². The maximum Gasteiger partial charge on any atom is 0.0946 e. The first kappa shape index (κ1) is 15.3. The summed E-state index contributed by atoms with van der Waals surface area (Å²) >= 11 is 0. The minimum absolute atomic E-state index is 0.251. The summed E-state index contributed by atoms with van der Waals surface area (Å²) in [6.45, 7) is 0.251. The lowest BCUT2D eigenvalue weighted by atomic mass is 10.5. The Bertz CT molecular complexity index is 200. The van der Waals surface area contributed by atoms with Crippen LogP contribution in [0.2, 0.25) is 0 Å². The number of quaternary nitrogens is 1. The standard InChI is InChI=1S/C4H12N.C3H9NO3S/c1-5(2,3)4;4-2-1-3-8(5,6)7/h1-4H3;1-4H2,(H,5,6,7)/q+1;/p-1. The Morgan fingerprint density at radius 1 is 1.23 bits per heavy atom. The molecule has 0 aliphatic rings. The van der Waals surface area contributed by atoms with Gasteiger partial charge in [-0.3, -0.25) is 0 Å². The number of nitrogens with two attached hydrogens (primary N) is 1. The first-order chi connectivity index (χ1) is 5.56. The molecule has 0 aromatic carbocycles.